The third-order valence-corrected chi connectivity index (χ3v) is 11.0. The van der Waals surface area contributed by atoms with E-state index in [2.05, 4.69) is 146 Å². The Hall–Kier alpha value is -8.22. The molecule has 0 bridgehead atoms. The first-order valence-electron chi connectivity index (χ1n) is 19.9. The topological polar surface area (TPSA) is 77.3 Å². The van der Waals surface area contributed by atoms with Crippen LogP contribution < -0.4 is 0 Å². The lowest BCUT2D eigenvalue weighted by molar-refractivity contribution is 1.07. The maximum absolute atomic E-state index is 5.30. The van der Waals surface area contributed by atoms with Crippen LogP contribution in [0.25, 0.3) is 112 Å². The van der Waals surface area contributed by atoms with E-state index in [-0.39, 0.29) is 0 Å². The predicted octanol–water partition coefficient (Wildman–Crippen LogP) is 13.2. The summed E-state index contributed by atoms with van der Waals surface area (Å²) in [7, 11) is 0. The number of pyridine rings is 3. The van der Waals surface area contributed by atoms with Gasteiger partial charge in [0.2, 0.25) is 0 Å². The Bertz CT molecular complexity index is 3350. The van der Waals surface area contributed by atoms with Crippen LogP contribution in [0.15, 0.2) is 206 Å². The Morgan fingerprint density at radius 1 is 0.267 bits per heavy atom. The monoisotopic (exact) mass is 766 g/mol. The van der Waals surface area contributed by atoms with Crippen molar-refractivity contribution in [2.24, 2.45) is 0 Å². The van der Waals surface area contributed by atoms with E-state index in [1.807, 2.05) is 60.8 Å². The number of hydrogen-bond donors (Lipinski definition) is 0. The predicted molar refractivity (Wildman–Crippen MR) is 244 cm³/mol. The number of hydrogen-bond acceptors (Lipinski definition) is 6. The molecule has 0 aliphatic carbocycles. The molecule has 0 N–H and O–H groups in total. The first kappa shape index (κ1) is 35.0. The largest absolute Gasteiger partial charge is 0.256 e. The van der Waals surface area contributed by atoms with Gasteiger partial charge >= 0.3 is 0 Å². The summed E-state index contributed by atoms with van der Waals surface area (Å²) in [5.74, 6) is 1.79. The first-order chi connectivity index (χ1) is 29.7. The van der Waals surface area contributed by atoms with Crippen molar-refractivity contribution < 1.29 is 0 Å². The van der Waals surface area contributed by atoms with Crippen molar-refractivity contribution >= 4 is 32.7 Å². The van der Waals surface area contributed by atoms with Crippen molar-refractivity contribution in [3.8, 4) is 78.9 Å². The molecule has 0 aliphatic rings. The molecule has 0 aliphatic heterocycles. The van der Waals surface area contributed by atoms with Gasteiger partial charge in [0.05, 0.1) is 27.9 Å². The molecule has 60 heavy (non-hydrogen) atoms. The summed E-state index contributed by atoms with van der Waals surface area (Å²) in [5, 5.41) is 3.19. The zero-order valence-corrected chi connectivity index (χ0v) is 32.3. The van der Waals surface area contributed by atoms with Crippen LogP contribution in [0, 0.1) is 0 Å². The molecule has 11 rings (SSSR count). The average molecular weight is 767 g/mol. The molecule has 0 amide bonds. The van der Waals surface area contributed by atoms with Crippen molar-refractivity contribution in [3.63, 3.8) is 0 Å². The molecule has 11 aromatic rings. The minimum absolute atomic E-state index is 0.589. The quantitative estimate of drug-likeness (QED) is 0.150. The van der Waals surface area contributed by atoms with E-state index in [0.29, 0.717) is 17.5 Å². The molecule has 4 aromatic heterocycles. The minimum atomic E-state index is 0.589. The molecule has 280 valence electrons. The maximum atomic E-state index is 5.30. The van der Waals surface area contributed by atoms with Crippen molar-refractivity contribution in [1.29, 1.82) is 0 Å². The van der Waals surface area contributed by atoms with Crippen LogP contribution in [0.4, 0.5) is 0 Å². The number of para-hydroxylation sites is 1. The summed E-state index contributed by atoms with van der Waals surface area (Å²) >= 11 is 0. The SMILES string of the molecule is c1ccc(-c2cc(-c3ccccc3)c3ccc4ccc(-c5ccc(-c6nc(-c7ccccc7)nc(-c7cccc(-c8cccc9cccnc89)c7)n6)cc5)nc4c3n2)cc1. The van der Waals surface area contributed by atoms with Crippen LogP contribution in [0.1, 0.15) is 0 Å². The third kappa shape index (κ3) is 6.52. The number of aromatic nitrogens is 6. The van der Waals surface area contributed by atoms with Gasteiger partial charge in [-0.2, -0.15) is 0 Å². The Kier molecular flexibility index (Phi) is 8.71. The number of fused-ring (bicyclic) bond motifs is 4. The summed E-state index contributed by atoms with van der Waals surface area (Å²) in [6, 6.07) is 68.6. The van der Waals surface area contributed by atoms with Crippen LogP contribution >= 0.6 is 0 Å². The van der Waals surface area contributed by atoms with Crippen LogP contribution in [0.2, 0.25) is 0 Å². The van der Waals surface area contributed by atoms with E-state index in [9.17, 15) is 0 Å². The van der Waals surface area contributed by atoms with Crippen molar-refractivity contribution in [2.75, 3.05) is 0 Å². The second kappa shape index (κ2) is 14.9. The molecule has 0 atom stereocenters. The summed E-state index contributed by atoms with van der Waals surface area (Å²) in [4.78, 5) is 30.4. The second-order valence-electron chi connectivity index (χ2n) is 14.7. The van der Waals surface area contributed by atoms with E-state index >= 15 is 0 Å². The molecule has 4 heterocycles. The van der Waals surface area contributed by atoms with E-state index in [4.69, 9.17) is 29.9 Å². The maximum Gasteiger partial charge on any atom is 0.164 e. The van der Waals surface area contributed by atoms with Crippen molar-refractivity contribution in [1.82, 2.24) is 29.9 Å². The van der Waals surface area contributed by atoms with Gasteiger partial charge in [-0.1, -0.05) is 176 Å². The van der Waals surface area contributed by atoms with Gasteiger partial charge in [0.15, 0.2) is 17.5 Å². The molecule has 6 nitrogen and oxygen atoms in total. The van der Waals surface area contributed by atoms with Gasteiger partial charge in [-0.25, -0.2) is 24.9 Å². The first-order valence-corrected chi connectivity index (χ1v) is 19.9. The van der Waals surface area contributed by atoms with Gasteiger partial charge in [0, 0.05) is 55.7 Å². The molecule has 0 saturated heterocycles. The smallest absolute Gasteiger partial charge is 0.164 e. The molecule has 0 spiro atoms. The lowest BCUT2D eigenvalue weighted by Gasteiger charge is -2.13. The summed E-state index contributed by atoms with van der Waals surface area (Å²) in [5.41, 5.74) is 13.6. The van der Waals surface area contributed by atoms with E-state index in [1.54, 1.807) is 0 Å². The van der Waals surface area contributed by atoms with Crippen LogP contribution in [-0.2, 0) is 0 Å². The minimum Gasteiger partial charge on any atom is -0.256 e. The van der Waals surface area contributed by atoms with E-state index < -0.39 is 0 Å². The molecule has 0 radical (unpaired) electrons. The van der Waals surface area contributed by atoms with Gasteiger partial charge in [-0.3, -0.25) is 4.98 Å². The molecule has 7 aromatic carbocycles. The van der Waals surface area contributed by atoms with Gasteiger partial charge in [-0.05, 0) is 41.0 Å². The highest BCUT2D eigenvalue weighted by atomic mass is 15.0. The molecule has 0 unspecified atom stereocenters. The Morgan fingerprint density at radius 2 is 0.800 bits per heavy atom. The summed E-state index contributed by atoms with van der Waals surface area (Å²) < 4.78 is 0. The Balaban J connectivity index is 1.000. The van der Waals surface area contributed by atoms with Crippen LogP contribution in [0.5, 0.6) is 0 Å². The van der Waals surface area contributed by atoms with E-state index in [0.717, 1.165) is 94.2 Å². The lowest BCUT2D eigenvalue weighted by atomic mass is 9.97. The van der Waals surface area contributed by atoms with E-state index in [1.165, 1.54) is 0 Å². The zero-order valence-electron chi connectivity index (χ0n) is 32.3. The summed E-state index contributed by atoms with van der Waals surface area (Å²) in [6.07, 6.45) is 1.84. The second-order valence-corrected chi connectivity index (χ2v) is 14.7. The van der Waals surface area contributed by atoms with Gasteiger partial charge in [0.1, 0.15) is 0 Å². The lowest BCUT2D eigenvalue weighted by Crippen LogP contribution is -2.00. The highest BCUT2D eigenvalue weighted by Crippen LogP contribution is 2.37. The normalized spacial score (nSPS) is 11.3. The third-order valence-electron chi connectivity index (χ3n) is 11.0. The molecular formula is C54H34N6. The molecular weight excluding hydrogens is 733 g/mol. The number of benzene rings is 7. The Morgan fingerprint density at radius 3 is 1.55 bits per heavy atom. The number of rotatable bonds is 7. The van der Waals surface area contributed by atoms with Crippen molar-refractivity contribution in [2.45, 2.75) is 0 Å². The van der Waals surface area contributed by atoms with Crippen LogP contribution in [0.3, 0.4) is 0 Å². The summed E-state index contributed by atoms with van der Waals surface area (Å²) in [6.45, 7) is 0. The highest BCUT2D eigenvalue weighted by molar-refractivity contribution is 6.09. The number of nitrogens with zero attached hydrogens (tertiary/aromatic N) is 6. The Labute approximate surface area is 346 Å². The van der Waals surface area contributed by atoms with Gasteiger partial charge in [-0.15, -0.1) is 0 Å². The fourth-order valence-corrected chi connectivity index (χ4v) is 7.95. The van der Waals surface area contributed by atoms with Gasteiger partial charge < -0.3 is 0 Å². The average Bonchev–Trinajstić information content (AvgIpc) is 3.34. The fourth-order valence-electron chi connectivity index (χ4n) is 7.95. The van der Waals surface area contributed by atoms with Crippen molar-refractivity contribution in [3.05, 3.63) is 206 Å². The standard InChI is InChI=1S/C54H34N6/c1-4-13-35(14-5-1)46-34-48(36-15-6-2-7-16-36)57-51-45(46)30-28-39-29-31-47(56-50(39)51)37-24-26-41(27-25-37)53-58-52(40-17-8-3-9-18-40)59-54(60-53)43-21-10-20-42(33-43)44-23-11-19-38-22-12-32-55-49(38)44/h1-34H. The molecule has 6 heteroatoms. The zero-order chi connectivity index (χ0) is 39.8. The molecule has 0 saturated carbocycles. The van der Waals surface area contributed by atoms with Gasteiger partial charge in [0.25, 0.3) is 0 Å². The fraction of sp³-hybridized carbons (Fsp3) is 0. The highest BCUT2D eigenvalue weighted by Gasteiger charge is 2.16. The molecule has 0 fully saturated rings. The van der Waals surface area contributed by atoms with Crippen LogP contribution in [-0.4, -0.2) is 29.9 Å².